The van der Waals surface area contributed by atoms with Gasteiger partial charge in [-0.3, -0.25) is 4.79 Å². The predicted octanol–water partition coefficient (Wildman–Crippen LogP) is 2.41. The van der Waals surface area contributed by atoms with Crippen molar-refractivity contribution in [2.75, 3.05) is 13.1 Å². The zero-order valence-corrected chi connectivity index (χ0v) is 11.4. The maximum atomic E-state index is 12.2. The standard InChI is InChI=1S/C15H24N2O/c1-3-9-17(15(18)10-13(2)11-16)12-14-7-5-4-6-8-14/h4-8,13H,3,9-12,16H2,1-2H3. The average molecular weight is 248 g/mol. The van der Waals surface area contributed by atoms with Gasteiger partial charge >= 0.3 is 0 Å². The fourth-order valence-corrected chi connectivity index (χ4v) is 1.88. The molecule has 18 heavy (non-hydrogen) atoms. The van der Waals surface area contributed by atoms with Crippen molar-refractivity contribution in [1.82, 2.24) is 4.90 Å². The van der Waals surface area contributed by atoms with Crippen molar-refractivity contribution >= 4 is 5.91 Å². The lowest BCUT2D eigenvalue weighted by Crippen LogP contribution is -2.33. The van der Waals surface area contributed by atoms with E-state index in [0.717, 1.165) is 13.0 Å². The van der Waals surface area contributed by atoms with Crippen LogP contribution >= 0.6 is 0 Å². The molecule has 0 saturated heterocycles. The van der Waals surface area contributed by atoms with E-state index in [0.29, 0.717) is 19.5 Å². The van der Waals surface area contributed by atoms with Crippen LogP contribution in [0.1, 0.15) is 32.3 Å². The van der Waals surface area contributed by atoms with Crippen LogP contribution < -0.4 is 5.73 Å². The van der Waals surface area contributed by atoms with E-state index >= 15 is 0 Å². The minimum atomic E-state index is 0.207. The second-order valence-electron chi connectivity index (χ2n) is 4.85. The minimum absolute atomic E-state index is 0.207. The predicted molar refractivity (Wildman–Crippen MR) is 75.0 cm³/mol. The Morgan fingerprint density at radius 1 is 1.33 bits per heavy atom. The monoisotopic (exact) mass is 248 g/mol. The first-order valence-corrected chi connectivity index (χ1v) is 6.69. The van der Waals surface area contributed by atoms with E-state index in [1.54, 1.807) is 0 Å². The van der Waals surface area contributed by atoms with Crippen molar-refractivity contribution in [3.63, 3.8) is 0 Å². The molecule has 2 N–H and O–H groups in total. The zero-order chi connectivity index (χ0) is 13.4. The van der Waals surface area contributed by atoms with E-state index in [1.807, 2.05) is 30.0 Å². The Bertz CT molecular complexity index is 351. The quantitative estimate of drug-likeness (QED) is 0.805. The summed E-state index contributed by atoms with van der Waals surface area (Å²) in [6.07, 6.45) is 1.53. The van der Waals surface area contributed by atoms with Crippen LogP contribution in [0.3, 0.4) is 0 Å². The maximum absolute atomic E-state index is 12.2. The molecule has 0 saturated carbocycles. The van der Waals surface area contributed by atoms with Gasteiger partial charge in [0.25, 0.3) is 0 Å². The van der Waals surface area contributed by atoms with E-state index < -0.39 is 0 Å². The fraction of sp³-hybridized carbons (Fsp3) is 0.533. The number of amides is 1. The Labute approximate surface area is 110 Å². The highest BCUT2D eigenvalue weighted by Gasteiger charge is 2.15. The van der Waals surface area contributed by atoms with Crippen molar-refractivity contribution in [1.29, 1.82) is 0 Å². The third-order valence-corrected chi connectivity index (χ3v) is 2.99. The Hall–Kier alpha value is -1.35. The van der Waals surface area contributed by atoms with Gasteiger partial charge in [0.1, 0.15) is 0 Å². The van der Waals surface area contributed by atoms with Crippen LogP contribution in [0.25, 0.3) is 0 Å². The van der Waals surface area contributed by atoms with Gasteiger partial charge in [-0.15, -0.1) is 0 Å². The molecular weight excluding hydrogens is 224 g/mol. The molecule has 0 aliphatic heterocycles. The number of carbonyl (C=O) groups is 1. The van der Waals surface area contributed by atoms with Crippen molar-refractivity contribution in [2.45, 2.75) is 33.2 Å². The van der Waals surface area contributed by atoms with Crippen molar-refractivity contribution in [3.05, 3.63) is 35.9 Å². The summed E-state index contributed by atoms with van der Waals surface area (Å²) in [4.78, 5) is 14.1. The number of rotatable bonds is 7. The third-order valence-electron chi connectivity index (χ3n) is 2.99. The zero-order valence-electron chi connectivity index (χ0n) is 11.4. The molecule has 100 valence electrons. The van der Waals surface area contributed by atoms with E-state index in [9.17, 15) is 4.79 Å². The van der Waals surface area contributed by atoms with E-state index in [4.69, 9.17) is 5.73 Å². The smallest absolute Gasteiger partial charge is 0.223 e. The second-order valence-corrected chi connectivity index (χ2v) is 4.85. The van der Waals surface area contributed by atoms with Crippen LogP contribution in [0, 0.1) is 5.92 Å². The topological polar surface area (TPSA) is 46.3 Å². The first-order valence-electron chi connectivity index (χ1n) is 6.69. The van der Waals surface area contributed by atoms with Gasteiger partial charge in [0.05, 0.1) is 0 Å². The molecule has 1 aromatic carbocycles. The summed E-state index contributed by atoms with van der Waals surface area (Å²) in [6, 6.07) is 10.1. The number of hydrogen-bond donors (Lipinski definition) is 1. The first-order chi connectivity index (χ1) is 8.67. The van der Waals surface area contributed by atoms with Crippen molar-refractivity contribution in [3.8, 4) is 0 Å². The van der Waals surface area contributed by atoms with Gasteiger partial charge in [0.15, 0.2) is 0 Å². The van der Waals surface area contributed by atoms with Crippen LogP contribution in [-0.2, 0) is 11.3 Å². The van der Waals surface area contributed by atoms with Gasteiger partial charge < -0.3 is 10.6 Å². The van der Waals surface area contributed by atoms with Gasteiger partial charge in [0, 0.05) is 19.5 Å². The lowest BCUT2D eigenvalue weighted by molar-refractivity contribution is -0.132. The molecule has 1 amide bonds. The van der Waals surface area contributed by atoms with Crippen LogP contribution in [0.5, 0.6) is 0 Å². The van der Waals surface area contributed by atoms with Crippen molar-refractivity contribution < 1.29 is 4.79 Å². The van der Waals surface area contributed by atoms with Crippen molar-refractivity contribution in [2.24, 2.45) is 11.7 Å². The van der Waals surface area contributed by atoms with E-state index in [1.165, 1.54) is 5.56 Å². The van der Waals surface area contributed by atoms with Crippen LogP contribution in [0.15, 0.2) is 30.3 Å². The highest BCUT2D eigenvalue weighted by molar-refractivity contribution is 5.76. The summed E-state index contributed by atoms with van der Waals surface area (Å²) in [5, 5.41) is 0. The van der Waals surface area contributed by atoms with Gasteiger partial charge in [-0.25, -0.2) is 0 Å². The molecule has 0 fully saturated rings. The van der Waals surface area contributed by atoms with E-state index in [2.05, 4.69) is 19.1 Å². The molecule has 1 unspecified atom stereocenters. The minimum Gasteiger partial charge on any atom is -0.338 e. The number of hydrogen-bond acceptors (Lipinski definition) is 2. The third kappa shape index (κ3) is 4.88. The fourth-order valence-electron chi connectivity index (χ4n) is 1.88. The second kappa shape index (κ2) is 7.88. The molecule has 3 nitrogen and oxygen atoms in total. The molecule has 0 aliphatic carbocycles. The number of carbonyl (C=O) groups excluding carboxylic acids is 1. The molecule has 1 rings (SSSR count). The summed E-state index contributed by atoms with van der Waals surface area (Å²) in [5.41, 5.74) is 6.76. The molecule has 0 aromatic heterocycles. The van der Waals surface area contributed by atoms with E-state index in [-0.39, 0.29) is 11.8 Å². The largest absolute Gasteiger partial charge is 0.338 e. The Balaban J connectivity index is 2.61. The van der Waals surface area contributed by atoms with Gasteiger partial charge in [-0.1, -0.05) is 44.2 Å². The summed E-state index contributed by atoms with van der Waals surface area (Å²) in [5.74, 6) is 0.464. The van der Waals surface area contributed by atoms with Gasteiger partial charge in [-0.05, 0) is 24.4 Å². The SMILES string of the molecule is CCCN(Cc1ccccc1)C(=O)CC(C)CN. The normalized spacial score (nSPS) is 12.2. The molecule has 0 bridgehead atoms. The average Bonchev–Trinajstić information content (AvgIpc) is 2.39. The highest BCUT2D eigenvalue weighted by atomic mass is 16.2. The molecule has 3 heteroatoms. The van der Waals surface area contributed by atoms with Gasteiger partial charge in [-0.2, -0.15) is 0 Å². The molecule has 1 atom stereocenters. The Kier molecular flexibility index (Phi) is 6.44. The van der Waals surface area contributed by atoms with Gasteiger partial charge in [0.2, 0.25) is 5.91 Å². The Morgan fingerprint density at radius 3 is 2.56 bits per heavy atom. The highest BCUT2D eigenvalue weighted by Crippen LogP contribution is 2.10. The molecule has 0 heterocycles. The summed E-state index contributed by atoms with van der Waals surface area (Å²) in [7, 11) is 0. The Morgan fingerprint density at radius 2 is 2.00 bits per heavy atom. The lowest BCUT2D eigenvalue weighted by Gasteiger charge is -2.23. The maximum Gasteiger partial charge on any atom is 0.223 e. The summed E-state index contributed by atoms with van der Waals surface area (Å²) in [6.45, 7) is 6.19. The first kappa shape index (κ1) is 14.7. The summed E-state index contributed by atoms with van der Waals surface area (Å²) < 4.78 is 0. The number of benzene rings is 1. The number of nitrogens with zero attached hydrogens (tertiary/aromatic N) is 1. The molecule has 0 aliphatic rings. The lowest BCUT2D eigenvalue weighted by atomic mass is 10.1. The van der Waals surface area contributed by atoms with Crippen LogP contribution in [0.4, 0.5) is 0 Å². The summed E-state index contributed by atoms with van der Waals surface area (Å²) >= 11 is 0. The molecule has 0 radical (unpaired) electrons. The number of nitrogens with two attached hydrogens (primary N) is 1. The van der Waals surface area contributed by atoms with Crippen LogP contribution in [0.2, 0.25) is 0 Å². The molecule has 1 aromatic rings. The molecule has 0 spiro atoms. The van der Waals surface area contributed by atoms with Crippen LogP contribution in [-0.4, -0.2) is 23.9 Å². The molecular formula is C15H24N2O.